The molecule has 0 aromatic carbocycles. The fourth-order valence-electron chi connectivity index (χ4n) is 2.65. The summed E-state index contributed by atoms with van der Waals surface area (Å²) in [7, 11) is 0. The van der Waals surface area contributed by atoms with Crippen LogP contribution >= 0.6 is 15.9 Å². The Hall–Kier alpha value is -0.570. The van der Waals surface area contributed by atoms with Gasteiger partial charge in [-0.2, -0.15) is 0 Å². The van der Waals surface area contributed by atoms with Gasteiger partial charge in [0, 0.05) is 5.92 Å². The first kappa shape index (κ1) is 11.9. The first-order valence-corrected chi connectivity index (χ1v) is 6.48. The van der Waals surface area contributed by atoms with Gasteiger partial charge in [0.05, 0.1) is 0 Å². The van der Waals surface area contributed by atoms with E-state index in [0.29, 0.717) is 5.92 Å². The van der Waals surface area contributed by atoms with Crippen molar-refractivity contribution in [3.63, 3.8) is 0 Å². The standard InChI is InChI=1S/C13H17BrO2/c1-4-9-5-6-10-11(7-8(9)2)16-12(15)13(10,3)14/h4-5,8,10-11H,1,6-7H2,2-3H3/t8-,10-,11+,13-/m0/s1. The van der Waals surface area contributed by atoms with Crippen molar-refractivity contribution in [2.75, 3.05) is 0 Å². The van der Waals surface area contributed by atoms with Crippen LogP contribution in [0.5, 0.6) is 0 Å². The number of hydrogen-bond donors (Lipinski definition) is 0. The maximum atomic E-state index is 11.7. The van der Waals surface area contributed by atoms with E-state index in [1.807, 2.05) is 13.0 Å². The Kier molecular flexibility index (Phi) is 2.99. The fourth-order valence-corrected chi connectivity index (χ4v) is 3.23. The fraction of sp³-hybridized carbons (Fsp3) is 0.615. The van der Waals surface area contributed by atoms with Crippen LogP contribution in [0.1, 0.15) is 26.7 Å². The Morgan fingerprint density at radius 3 is 3.00 bits per heavy atom. The molecule has 0 amide bonds. The Morgan fingerprint density at radius 2 is 2.38 bits per heavy atom. The first-order valence-electron chi connectivity index (χ1n) is 5.69. The topological polar surface area (TPSA) is 26.3 Å². The normalized spacial score (nSPS) is 43.1. The van der Waals surface area contributed by atoms with Crippen LogP contribution in [0.4, 0.5) is 0 Å². The van der Waals surface area contributed by atoms with E-state index in [4.69, 9.17) is 4.74 Å². The van der Waals surface area contributed by atoms with Crippen LogP contribution in [0.2, 0.25) is 0 Å². The van der Waals surface area contributed by atoms with Crippen LogP contribution < -0.4 is 0 Å². The monoisotopic (exact) mass is 284 g/mol. The molecule has 0 unspecified atom stereocenters. The summed E-state index contributed by atoms with van der Waals surface area (Å²) >= 11 is 3.52. The minimum atomic E-state index is -0.523. The molecule has 1 aliphatic carbocycles. The summed E-state index contributed by atoms with van der Waals surface area (Å²) in [5.74, 6) is 0.534. The lowest BCUT2D eigenvalue weighted by atomic mass is 9.87. The number of carbonyl (C=O) groups is 1. The van der Waals surface area contributed by atoms with E-state index in [0.717, 1.165) is 12.8 Å². The molecule has 0 saturated carbocycles. The number of rotatable bonds is 1. The lowest BCUT2D eigenvalue weighted by Gasteiger charge is -2.21. The third kappa shape index (κ3) is 1.75. The Balaban J connectivity index is 2.28. The summed E-state index contributed by atoms with van der Waals surface area (Å²) in [4.78, 5) is 11.7. The summed E-state index contributed by atoms with van der Waals surface area (Å²) in [5.41, 5.74) is 1.27. The molecule has 0 radical (unpaired) electrons. The second kappa shape index (κ2) is 4.02. The van der Waals surface area contributed by atoms with E-state index in [1.165, 1.54) is 5.57 Å². The molecule has 16 heavy (non-hydrogen) atoms. The number of ether oxygens (including phenoxy) is 1. The van der Waals surface area contributed by atoms with Gasteiger partial charge in [-0.1, -0.05) is 41.6 Å². The molecule has 1 saturated heterocycles. The highest BCUT2D eigenvalue weighted by molar-refractivity contribution is 9.10. The zero-order chi connectivity index (χ0) is 11.9. The molecule has 4 atom stereocenters. The molecule has 2 aliphatic rings. The van der Waals surface area contributed by atoms with Gasteiger partial charge >= 0.3 is 5.97 Å². The lowest BCUT2D eigenvalue weighted by molar-refractivity contribution is -0.143. The summed E-state index contributed by atoms with van der Waals surface area (Å²) in [6.07, 6.45) is 5.93. The molecule has 88 valence electrons. The Bertz CT molecular complexity index is 357. The smallest absolute Gasteiger partial charge is 0.323 e. The molecule has 1 aliphatic heterocycles. The molecule has 1 fully saturated rings. The second-order valence-corrected chi connectivity index (χ2v) is 6.55. The number of esters is 1. The van der Waals surface area contributed by atoms with Crippen molar-refractivity contribution in [2.24, 2.45) is 11.8 Å². The second-order valence-electron chi connectivity index (χ2n) is 4.91. The molecule has 0 aromatic rings. The van der Waals surface area contributed by atoms with Gasteiger partial charge in [-0.05, 0) is 31.3 Å². The summed E-state index contributed by atoms with van der Waals surface area (Å²) in [6, 6.07) is 0. The van der Waals surface area contributed by atoms with Crippen molar-refractivity contribution >= 4 is 21.9 Å². The molecule has 2 nitrogen and oxygen atoms in total. The van der Waals surface area contributed by atoms with Crippen molar-refractivity contribution in [3.8, 4) is 0 Å². The van der Waals surface area contributed by atoms with Crippen molar-refractivity contribution < 1.29 is 9.53 Å². The summed E-state index contributed by atoms with van der Waals surface area (Å²) in [6.45, 7) is 7.91. The van der Waals surface area contributed by atoms with E-state index in [-0.39, 0.29) is 18.0 Å². The number of halogens is 1. The van der Waals surface area contributed by atoms with E-state index >= 15 is 0 Å². The SMILES string of the molecule is C=CC1=CC[C@H]2[C@@H](C[C@@H]1C)OC(=O)[C@@]2(C)Br. The number of alkyl halides is 1. The molecule has 2 rings (SSSR count). The highest BCUT2D eigenvalue weighted by atomic mass is 79.9. The van der Waals surface area contributed by atoms with Gasteiger partial charge in [-0.25, -0.2) is 0 Å². The zero-order valence-electron chi connectivity index (χ0n) is 9.70. The van der Waals surface area contributed by atoms with Gasteiger partial charge in [0.2, 0.25) is 0 Å². The van der Waals surface area contributed by atoms with Crippen LogP contribution in [-0.4, -0.2) is 16.4 Å². The third-order valence-corrected chi connectivity index (χ3v) is 4.71. The van der Waals surface area contributed by atoms with Crippen molar-refractivity contribution in [1.82, 2.24) is 0 Å². The largest absolute Gasteiger partial charge is 0.461 e. The molecule has 0 spiro atoms. The molecule has 0 bridgehead atoms. The molecule has 0 aromatic heterocycles. The van der Waals surface area contributed by atoms with Gasteiger partial charge in [0.15, 0.2) is 0 Å². The average molecular weight is 285 g/mol. The van der Waals surface area contributed by atoms with Gasteiger partial charge in [-0.15, -0.1) is 0 Å². The molecular weight excluding hydrogens is 268 g/mol. The van der Waals surface area contributed by atoms with Crippen LogP contribution in [0.15, 0.2) is 24.3 Å². The van der Waals surface area contributed by atoms with Crippen molar-refractivity contribution in [3.05, 3.63) is 24.3 Å². The van der Waals surface area contributed by atoms with Gasteiger partial charge < -0.3 is 4.74 Å². The molecular formula is C13H17BrO2. The number of hydrogen-bond acceptors (Lipinski definition) is 2. The van der Waals surface area contributed by atoms with Gasteiger partial charge in [0.25, 0.3) is 0 Å². The number of allylic oxidation sites excluding steroid dienone is 3. The lowest BCUT2D eigenvalue weighted by Crippen LogP contribution is -2.31. The van der Waals surface area contributed by atoms with E-state index in [9.17, 15) is 4.79 Å². The average Bonchev–Trinajstić information content (AvgIpc) is 2.37. The Labute approximate surface area is 105 Å². The van der Waals surface area contributed by atoms with Gasteiger partial charge in [-0.3, -0.25) is 4.79 Å². The maximum Gasteiger partial charge on any atom is 0.323 e. The first-order chi connectivity index (χ1) is 7.46. The van der Waals surface area contributed by atoms with Crippen molar-refractivity contribution in [2.45, 2.75) is 37.1 Å². The zero-order valence-corrected chi connectivity index (χ0v) is 11.3. The number of fused-ring (bicyclic) bond motifs is 1. The van der Waals surface area contributed by atoms with E-state index < -0.39 is 4.32 Å². The quantitative estimate of drug-likeness (QED) is 0.546. The van der Waals surface area contributed by atoms with Crippen LogP contribution in [0.3, 0.4) is 0 Å². The third-order valence-electron chi connectivity index (χ3n) is 3.80. The number of carbonyl (C=O) groups excluding carboxylic acids is 1. The highest BCUT2D eigenvalue weighted by Crippen LogP contribution is 2.45. The molecule has 3 heteroatoms. The van der Waals surface area contributed by atoms with E-state index in [1.54, 1.807) is 0 Å². The Morgan fingerprint density at radius 1 is 1.69 bits per heavy atom. The van der Waals surface area contributed by atoms with Crippen LogP contribution in [-0.2, 0) is 9.53 Å². The summed E-state index contributed by atoms with van der Waals surface area (Å²) < 4.78 is 4.95. The summed E-state index contributed by atoms with van der Waals surface area (Å²) in [5, 5.41) is 0. The van der Waals surface area contributed by atoms with Gasteiger partial charge in [0.1, 0.15) is 10.4 Å². The molecule has 0 N–H and O–H groups in total. The molecule has 1 heterocycles. The maximum absolute atomic E-state index is 11.7. The predicted octanol–water partition coefficient (Wildman–Crippen LogP) is 3.22. The van der Waals surface area contributed by atoms with Crippen LogP contribution in [0.25, 0.3) is 0 Å². The minimum Gasteiger partial charge on any atom is -0.461 e. The van der Waals surface area contributed by atoms with Crippen LogP contribution in [0, 0.1) is 11.8 Å². The van der Waals surface area contributed by atoms with E-state index in [2.05, 4.69) is 35.5 Å². The predicted molar refractivity (Wildman–Crippen MR) is 67.4 cm³/mol. The highest BCUT2D eigenvalue weighted by Gasteiger charge is 2.52. The van der Waals surface area contributed by atoms with Crippen molar-refractivity contribution in [1.29, 1.82) is 0 Å². The minimum absolute atomic E-state index is 0.0422.